The lowest BCUT2D eigenvalue weighted by Gasteiger charge is -2.30. The van der Waals surface area contributed by atoms with Crippen molar-refractivity contribution in [2.75, 3.05) is 13.1 Å². The number of thiazole rings is 1. The third-order valence-electron chi connectivity index (χ3n) is 4.87. The number of pyridine rings is 1. The maximum atomic E-state index is 4.81. The fourth-order valence-corrected chi connectivity index (χ4v) is 4.97. The molecule has 4 aromatic heterocycles. The Kier molecular flexibility index (Phi) is 4.28. The van der Waals surface area contributed by atoms with E-state index in [1.807, 2.05) is 16.1 Å². The Hall–Kier alpha value is -2.09. The maximum Gasteiger partial charge on any atom is 0.156 e. The van der Waals surface area contributed by atoms with Crippen LogP contribution in [-0.2, 0) is 6.54 Å². The van der Waals surface area contributed by atoms with Gasteiger partial charge in [-0.3, -0.25) is 4.90 Å². The van der Waals surface area contributed by atoms with Gasteiger partial charge < -0.3 is 0 Å². The van der Waals surface area contributed by atoms with Crippen molar-refractivity contribution in [3.8, 4) is 10.4 Å². The summed E-state index contributed by atoms with van der Waals surface area (Å²) in [6, 6.07) is 8.42. The van der Waals surface area contributed by atoms with E-state index in [0.29, 0.717) is 5.92 Å². The van der Waals surface area contributed by atoms with Crippen LogP contribution in [0, 0.1) is 0 Å². The zero-order chi connectivity index (χ0) is 17.3. The number of likely N-dealkylation sites (tertiary alicyclic amines) is 1. The van der Waals surface area contributed by atoms with Crippen LogP contribution in [0.15, 0.2) is 47.4 Å². The van der Waals surface area contributed by atoms with Gasteiger partial charge in [0.2, 0.25) is 0 Å². The lowest BCUT2D eigenvalue weighted by Crippen LogP contribution is -2.34. The van der Waals surface area contributed by atoms with Gasteiger partial charge in [-0.15, -0.1) is 22.7 Å². The van der Waals surface area contributed by atoms with Crippen LogP contribution in [0.2, 0.25) is 0 Å². The van der Waals surface area contributed by atoms with E-state index in [1.54, 1.807) is 22.7 Å². The molecule has 0 unspecified atom stereocenters. The summed E-state index contributed by atoms with van der Waals surface area (Å²) in [5.74, 6) is 1.37. The molecule has 5 nitrogen and oxygen atoms in total. The summed E-state index contributed by atoms with van der Waals surface area (Å²) in [7, 11) is 0. The first kappa shape index (κ1) is 16.1. The topological polar surface area (TPSA) is 46.3 Å². The highest BCUT2D eigenvalue weighted by Gasteiger charge is 2.25. The quantitative estimate of drug-likeness (QED) is 0.529. The van der Waals surface area contributed by atoms with E-state index in [9.17, 15) is 0 Å². The minimum Gasteiger partial charge on any atom is -0.296 e. The van der Waals surface area contributed by atoms with E-state index >= 15 is 0 Å². The average Bonchev–Trinajstić information content (AvgIpc) is 3.42. The summed E-state index contributed by atoms with van der Waals surface area (Å²) in [4.78, 5) is 13.0. The Balaban J connectivity index is 1.38. The van der Waals surface area contributed by atoms with Crippen LogP contribution in [0.4, 0.5) is 0 Å². The van der Waals surface area contributed by atoms with Crippen molar-refractivity contribution >= 4 is 28.3 Å². The second-order valence-corrected chi connectivity index (χ2v) is 8.59. The summed E-state index contributed by atoms with van der Waals surface area (Å²) < 4.78 is 1.93. The van der Waals surface area contributed by atoms with E-state index in [2.05, 4.69) is 45.7 Å². The normalized spacial score (nSPS) is 18.5. The fourth-order valence-electron chi connectivity index (χ4n) is 3.59. The molecule has 0 amide bonds. The monoisotopic (exact) mass is 381 g/mol. The Morgan fingerprint density at radius 3 is 3.00 bits per heavy atom. The summed E-state index contributed by atoms with van der Waals surface area (Å²) in [6.45, 7) is 3.07. The zero-order valence-electron chi connectivity index (χ0n) is 14.3. The molecule has 0 aliphatic carbocycles. The van der Waals surface area contributed by atoms with Crippen LogP contribution < -0.4 is 0 Å². The highest BCUT2D eigenvalue weighted by atomic mass is 32.1. The van der Waals surface area contributed by atoms with E-state index in [1.165, 1.54) is 21.9 Å². The van der Waals surface area contributed by atoms with Gasteiger partial charge in [-0.25, -0.2) is 14.5 Å². The van der Waals surface area contributed by atoms with Crippen molar-refractivity contribution in [2.45, 2.75) is 25.3 Å². The van der Waals surface area contributed by atoms with Gasteiger partial charge in [-0.05, 0) is 43.0 Å². The SMILES string of the molecule is c1csc(-c2ccc3nc([C@H]4CCCN(Cc5nccs5)C4)nn3c2)c1. The first-order valence-electron chi connectivity index (χ1n) is 8.86. The van der Waals surface area contributed by atoms with Crippen molar-refractivity contribution in [2.24, 2.45) is 0 Å². The predicted molar refractivity (Wildman–Crippen MR) is 106 cm³/mol. The van der Waals surface area contributed by atoms with Crippen LogP contribution in [-0.4, -0.2) is 37.6 Å². The molecule has 5 rings (SSSR count). The molecule has 1 atom stereocenters. The molecule has 0 saturated carbocycles. The molecular formula is C19H19N5S2. The fraction of sp³-hybridized carbons (Fsp3) is 0.316. The van der Waals surface area contributed by atoms with Crippen LogP contribution in [0.5, 0.6) is 0 Å². The van der Waals surface area contributed by atoms with Crippen molar-refractivity contribution in [1.29, 1.82) is 0 Å². The minimum atomic E-state index is 0.397. The Morgan fingerprint density at radius 1 is 1.15 bits per heavy atom. The van der Waals surface area contributed by atoms with Gasteiger partial charge in [0.05, 0.1) is 6.54 Å². The third-order valence-corrected chi connectivity index (χ3v) is 6.55. The number of piperidine rings is 1. The molecule has 7 heteroatoms. The summed E-state index contributed by atoms with van der Waals surface area (Å²) in [5.41, 5.74) is 2.12. The molecule has 1 fully saturated rings. The molecule has 0 spiro atoms. The lowest BCUT2D eigenvalue weighted by atomic mass is 9.97. The van der Waals surface area contributed by atoms with E-state index in [0.717, 1.165) is 37.5 Å². The van der Waals surface area contributed by atoms with Crippen molar-refractivity contribution in [3.05, 3.63) is 58.3 Å². The van der Waals surface area contributed by atoms with Gasteiger partial charge in [0.1, 0.15) is 5.01 Å². The number of hydrogen-bond donors (Lipinski definition) is 0. The Bertz CT molecular complexity index is 990. The van der Waals surface area contributed by atoms with Gasteiger partial charge in [0.25, 0.3) is 0 Å². The smallest absolute Gasteiger partial charge is 0.156 e. The van der Waals surface area contributed by atoms with Gasteiger partial charge in [0, 0.05) is 40.7 Å². The molecule has 0 N–H and O–H groups in total. The van der Waals surface area contributed by atoms with Crippen molar-refractivity contribution < 1.29 is 0 Å². The van der Waals surface area contributed by atoms with Crippen LogP contribution in [0.3, 0.4) is 0 Å². The van der Waals surface area contributed by atoms with Crippen molar-refractivity contribution in [1.82, 2.24) is 24.5 Å². The largest absolute Gasteiger partial charge is 0.296 e. The zero-order valence-corrected chi connectivity index (χ0v) is 15.9. The van der Waals surface area contributed by atoms with Gasteiger partial charge in [-0.1, -0.05) is 6.07 Å². The van der Waals surface area contributed by atoms with E-state index in [-0.39, 0.29) is 0 Å². The summed E-state index contributed by atoms with van der Waals surface area (Å²) >= 11 is 3.48. The molecule has 1 aliphatic rings. The number of thiophene rings is 1. The predicted octanol–water partition coefficient (Wildman–Crippen LogP) is 4.29. The molecule has 1 aliphatic heterocycles. The number of nitrogens with zero attached hydrogens (tertiary/aromatic N) is 5. The first-order chi connectivity index (χ1) is 12.8. The van der Waals surface area contributed by atoms with Crippen LogP contribution in [0.25, 0.3) is 16.1 Å². The number of fused-ring (bicyclic) bond motifs is 1. The molecule has 0 aromatic carbocycles. The molecule has 0 radical (unpaired) electrons. The molecule has 1 saturated heterocycles. The van der Waals surface area contributed by atoms with Crippen LogP contribution >= 0.6 is 22.7 Å². The molecular weight excluding hydrogens is 362 g/mol. The van der Waals surface area contributed by atoms with E-state index < -0.39 is 0 Å². The third kappa shape index (κ3) is 3.18. The lowest BCUT2D eigenvalue weighted by molar-refractivity contribution is 0.196. The molecule has 0 bridgehead atoms. The molecule has 26 heavy (non-hydrogen) atoms. The highest BCUT2D eigenvalue weighted by molar-refractivity contribution is 7.13. The summed E-state index contributed by atoms with van der Waals surface area (Å²) in [6.07, 6.45) is 6.32. The van der Waals surface area contributed by atoms with Gasteiger partial charge in [0.15, 0.2) is 11.5 Å². The Morgan fingerprint density at radius 2 is 2.15 bits per heavy atom. The molecule has 5 heterocycles. The number of rotatable bonds is 4. The standard InChI is InChI=1S/C19H19N5S2/c1-3-15(11-23(8-1)13-18-20-7-10-26-18)19-21-17-6-5-14(12-24(17)22-19)16-4-2-9-25-16/h2,4-7,9-10,12,15H,1,3,8,11,13H2/t15-/m0/s1. The number of aromatic nitrogens is 4. The minimum absolute atomic E-state index is 0.397. The average molecular weight is 382 g/mol. The highest BCUT2D eigenvalue weighted by Crippen LogP contribution is 2.28. The molecule has 4 aromatic rings. The summed E-state index contributed by atoms with van der Waals surface area (Å²) in [5, 5.41) is 10.1. The molecule has 132 valence electrons. The number of hydrogen-bond acceptors (Lipinski definition) is 6. The van der Waals surface area contributed by atoms with E-state index in [4.69, 9.17) is 10.1 Å². The Labute approximate surface area is 160 Å². The van der Waals surface area contributed by atoms with Gasteiger partial charge >= 0.3 is 0 Å². The van der Waals surface area contributed by atoms with Gasteiger partial charge in [-0.2, -0.15) is 5.10 Å². The van der Waals surface area contributed by atoms with Crippen LogP contribution in [0.1, 0.15) is 29.6 Å². The second-order valence-electron chi connectivity index (χ2n) is 6.67. The second kappa shape index (κ2) is 6.90. The van der Waals surface area contributed by atoms with Crippen molar-refractivity contribution in [3.63, 3.8) is 0 Å². The maximum absolute atomic E-state index is 4.81. The first-order valence-corrected chi connectivity index (χ1v) is 10.6.